The van der Waals surface area contributed by atoms with Crippen LogP contribution in [-0.4, -0.2) is 43.5 Å². The van der Waals surface area contributed by atoms with Crippen molar-refractivity contribution in [1.29, 1.82) is 0 Å². The molecule has 0 aliphatic carbocycles. The third kappa shape index (κ3) is 3.73. The molecule has 1 fully saturated rings. The van der Waals surface area contributed by atoms with E-state index in [1.807, 2.05) is 48.5 Å². The third-order valence-electron chi connectivity index (χ3n) is 5.65. The lowest BCUT2D eigenvalue weighted by Gasteiger charge is -2.36. The number of benzene rings is 3. The fourth-order valence-corrected chi connectivity index (χ4v) is 4.01. The number of nitrogens with one attached hydrogen (secondary N) is 1. The van der Waals surface area contributed by atoms with E-state index in [0.717, 1.165) is 49.2 Å². The molecule has 0 radical (unpaired) electrons. The molecule has 4 heteroatoms. The van der Waals surface area contributed by atoms with E-state index in [1.165, 1.54) is 11.3 Å². The first-order valence-corrected chi connectivity index (χ1v) is 10.0. The molecule has 1 aliphatic heterocycles. The van der Waals surface area contributed by atoms with E-state index >= 15 is 0 Å². The van der Waals surface area contributed by atoms with E-state index in [-0.39, 0.29) is 5.91 Å². The summed E-state index contributed by atoms with van der Waals surface area (Å²) in [7, 11) is 0. The topological polar surface area (TPSA) is 35.6 Å². The second-order valence-corrected chi connectivity index (χ2v) is 7.40. The monoisotopic (exact) mass is 373 g/mol. The third-order valence-corrected chi connectivity index (χ3v) is 5.65. The van der Waals surface area contributed by atoms with Crippen LogP contribution in [0.25, 0.3) is 10.8 Å². The number of nitrogens with zero attached hydrogens (tertiary/aromatic N) is 2. The Balaban J connectivity index is 1.51. The predicted molar refractivity (Wildman–Crippen MR) is 117 cm³/mol. The summed E-state index contributed by atoms with van der Waals surface area (Å²) in [5.41, 5.74) is 4.00. The van der Waals surface area contributed by atoms with Gasteiger partial charge >= 0.3 is 0 Å². The zero-order valence-corrected chi connectivity index (χ0v) is 16.6. The van der Waals surface area contributed by atoms with Crippen LogP contribution in [0.15, 0.2) is 60.7 Å². The van der Waals surface area contributed by atoms with Crippen LogP contribution in [0.1, 0.15) is 22.8 Å². The Labute approximate surface area is 166 Å². The highest BCUT2D eigenvalue weighted by Gasteiger charge is 2.18. The molecule has 28 heavy (non-hydrogen) atoms. The minimum absolute atomic E-state index is 0.0690. The quantitative estimate of drug-likeness (QED) is 0.729. The second kappa shape index (κ2) is 8.03. The Morgan fingerprint density at radius 2 is 1.71 bits per heavy atom. The number of likely N-dealkylation sites (N-methyl/N-ethyl adjacent to an activating group) is 1. The van der Waals surface area contributed by atoms with Crippen LogP contribution in [-0.2, 0) is 0 Å². The number of fused-ring (bicyclic) bond motifs is 1. The summed E-state index contributed by atoms with van der Waals surface area (Å²) in [4.78, 5) is 17.8. The number of hydrogen-bond acceptors (Lipinski definition) is 3. The number of amides is 1. The maximum absolute atomic E-state index is 12.9. The molecule has 0 saturated carbocycles. The molecule has 0 bridgehead atoms. The Morgan fingerprint density at radius 1 is 0.964 bits per heavy atom. The van der Waals surface area contributed by atoms with Gasteiger partial charge in [0.15, 0.2) is 0 Å². The van der Waals surface area contributed by atoms with E-state index in [0.29, 0.717) is 5.56 Å². The van der Waals surface area contributed by atoms with Crippen molar-refractivity contribution in [3.63, 3.8) is 0 Å². The van der Waals surface area contributed by atoms with E-state index in [4.69, 9.17) is 0 Å². The summed E-state index contributed by atoms with van der Waals surface area (Å²) in [6.45, 7) is 9.77. The molecule has 3 aromatic carbocycles. The molecule has 0 unspecified atom stereocenters. The van der Waals surface area contributed by atoms with Crippen LogP contribution in [0.2, 0.25) is 0 Å². The molecule has 0 atom stereocenters. The smallest absolute Gasteiger partial charge is 0.256 e. The van der Waals surface area contributed by atoms with Crippen molar-refractivity contribution >= 4 is 28.1 Å². The number of anilines is 2. The van der Waals surface area contributed by atoms with Gasteiger partial charge in [-0.2, -0.15) is 0 Å². The highest BCUT2D eigenvalue weighted by atomic mass is 16.1. The van der Waals surface area contributed by atoms with Gasteiger partial charge in [-0.1, -0.05) is 43.3 Å². The van der Waals surface area contributed by atoms with Crippen LogP contribution in [0, 0.1) is 6.92 Å². The maximum atomic E-state index is 12.9. The zero-order chi connectivity index (χ0) is 19.5. The lowest BCUT2D eigenvalue weighted by atomic mass is 10.0. The molecule has 144 valence electrons. The molecular formula is C24H27N3O. The number of carbonyl (C=O) groups excluding carboxylic acids is 1. The lowest BCUT2D eigenvalue weighted by Crippen LogP contribution is -2.46. The van der Waals surface area contributed by atoms with Crippen molar-refractivity contribution < 1.29 is 4.79 Å². The predicted octanol–water partition coefficient (Wildman–Crippen LogP) is 4.54. The van der Waals surface area contributed by atoms with Crippen LogP contribution in [0.4, 0.5) is 11.4 Å². The minimum Gasteiger partial charge on any atom is -0.369 e. The van der Waals surface area contributed by atoms with Crippen molar-refractivity contribution in [2.75, 3.05) is 42.9 Å². The van der Waals surface area contributed by atoms with Crippen LogP contribution < -0.4 is 10.2 Å². The van der Waals surface area contributed by atoms with Gasteiger partial charge < -0.3 is 15.1 Å². The lowest BCUT2D eigenvalue weighted by molar-refractivity contribution is 0.102. The summed E-state index contributed by atoms with van der Waals surface area (Å²) in [5, 5.41) is 5.13. The van der Waals surface area contributed by atoms with Crippen molar-refractivity contribution in [1.82, 2.24) is 4.90 Å². The fraction of sp³-hybridized carbons (Fsp3) is 0.292. The molecule has 4 rings (SSSR count). The first kappa shape index (κ1) is 18.5. The average Bonchev–Trinajstić information content (AvgIpc) is 2.73. The van der Waals surface area contributed by atoms with Gasteiger partial charge in [0.2, 0.25) is 0 Å². The number of carbonyl (C=O) groups is 1. The summed E-state index contributed by atoms with van der Waals surface area (Å²) >= 11 is 0. The Bertz CT molecular complexity index is 985. The maximum Gasteiger partial charge on any atom is 0.256 e. The summed E-state index contributed by atoms with van der Waals surface area (Å²) < 4.78 is 0. The highest BCUT2D eigenvalue weighted by Crippen LogP contribution is 2.26. The molecule has 1 saturated heterocycles. The Kier molecular flexibility index (Phi) is 5.31. The molecule has 1 aliphatic rings. The highest BCUT2D eigenvalue weighted by molar-refractivity contribution is 6.13. The van der Waals surface area contributed by atoms with Gasteiger partial charge in [0.05, 0.1) is 0 Å². The summed E-state index contributed by atoms with van der Waals surface area (Å²) in [6.07, 6.45) is 0. The van der Waals surface area contributed by atoms with Gasteiger partial charge in [-0.15, -0.1) is 0 Å². The molecule has 1 heterocycles. The molecule has 3 aromatic rings. The standard InChI is InChI=1S/C24H27N3O/c1-3-26-13-15-27(16-14-26)23-12-11-20(17-18(23)2)25-24(28)22-10-6-8-19-7-4-5-9-21(19)22/h4-12,17H,3,13-16H2,1-2H3,(H,25,28). The van der Waals surface area contributed by atoms with Gasteiger partial charge in [0.1, 0.15) is 0 Å². The average molecular weight is 374 g/mol. The van der Waals surface area contributed by atoms with E-state index in [9.17, 15) is 4.79 Å². The van der Waals surface area contributed by atoms with Gasteiger partial charge in [-0.3, -0.25) is 4.79 Å². The van der Waals surface area contributed by atoms with Crippen molar-refractivity contribution in [3.05, 3.63) is 71.8 Å². The van der Waals surface area contributed by atoms with Crippen molar-refractivity contribution in [2.45, 2.75) is 13.8 Å². The molecular weight excluding hydrogens is 346 g/mol. The van der Waals surface area contributed by atoms with Gasteiger partial charge in [0, 0.05) is 43.1 Å². The van der Waals surface area contributed by atoms with Gasteiger partial charge in [0.25, 0.3) is 5.91 Å². The van der Waals surface area contributed by atoms with Gasteiger partial charge in [-0.25, -0.2) is 0 Å². The second-order valence-electron chi connectivity index (χ2n) is 7.40. The summed E-state index contributed by atoms with van der Waals surface area (Å²) in [6, 6.07) is 20.1. The number of aryl methyl sites for hydroxylation is 1. The normalized spacial score (nSPS) is 15.0. The first-order chi connectivity index (χ1) is 13.7. The first-order valence-electron chi connectivity index (χ1n) is 10.0. The number of hydrogen-bond donors (Lipinski definition) is 1. The largest absolute Gasteiger partial charge is 0.369 e. The van der Waals surface area contributed by atoms with Crippen LogP contribution >= 0.6 is 0 Å². The zero-order valence-electron chi connectivity index (χ0n) is 16.6. The SMILES string of the molecule is CCN1CCN(c2ccc(NC(=O)c3cccc4ccccc34)cc2C)CC1. The van der Waals surface area contributed by atoms with Crippen LogP contribution in [0.5, 0.6) is 0 Å². The molecule has 1 N–H and O–H groups in total. The van der Waals surface area contributed by atoms with E-state index in [2.05, 4.69) is 41.1 Å². The molecule has 1 amide bonds. The minimum atomic E-state index is -0.0690. The summed E-state index contributed by atoms with van der Waals surface area (Å²) in [5.74, 6) is -0.0690. The number of piperazine rings is 1. The van der Waals surface area contributed by atoms with E-state index in [1.54, 1.807) is 0 Å². The Hall–Kier alpha value is -2.85. The van der Waals surface area contributed by atoms with Gasteiger partial charge in [-0.05, 0) is 54.1 Å². The van der Waals surface area contributed by atoms with Crippen LogP contribution in [0.3, 0.4) is 0 Å². The molecule has 0 aromatic heterocycles. The van der Waals surface area contributed by atoms with E-state index < -0.39 is 0 Å². The fourth-order valence-electron chi connectivity index (χ4n) is 4.01. The van der Waals surface area contributed by atoms with Crippen molar-refractivity contribution in [3.8, 4) is 0 Å². The Morgan fingerprint density at radius 3 is 2.46 bits per heavy atom. The van der Waals surface area contributed by atoms with Crippen molar-refractivity contribution in [2.24, 2.45) is 0 Å². The number of rotatable bonds is 4. The molecule has 4 nitrogen and oxygen atoms in total. The molecule has 0 spiro atoms.